The maximum atomic E-state index is 12.5. The number of piperidine rings is 1. The minimum absolute atomic E-state index is 0.176. The number of fused-ring (bicyclic) bond motifs is 1. The molecule has 11 heteroatoms. The number of amides is 1. The number of rotatable bonds is 11. The van der Waals surface area contributed by atoms with Gasteiger partial charge in [-0.15, -0.1) is 11.6 Å². The Hall–Kier alpha value is -3.74. The highest BCUT2D eigenvalue weighted by Gasteiger charge is 2.42. The van der Waals surface area contributed by atoms with E-state index in [1.165, 1.54) is 19.3 Å². The van der Waals surface area contributed by atoms with Gasteiger partial charge in [-0.2, -0.15) is 5.26 Å². The lowest BCUT2D eigenvalue weighted by molar-refractivity contribution is 0.0175. The first-order valence-corrected chi connectivity index (χ1v) is 19.4. The van der Waals surface area contributed by atoms with Crippen molar-refractivity contribution >= 4 is 35.2 Å². The van der Waals surface area contributed by atoms with E-state index in [0.717, 1.165) is 73.5 Å². The highest BCUT2D eigenvalue weighted by molar-refractivity contribution is 6.32. The van der Waals surface area contributed by atoms with Crippen LogP contribution >= 0.6 is 23.2 Å². The third-order valence-corrected chi connectivity index (χ3v) is 11.4. The topological polar surface area (TPSA) is 101 Å². The molecule has 3 aromatic rings. The highest BCUT2D eigenvalue weighted by Crippen LogP contribution is 2.45. The number of carbonyl (C=O) groups excluding carboxylic acids is 1. The smallest absolute Gasteiger partial charge is 0.410 e. The van der Waals surface area contributed by atoms with Crippen molar-refractivity contribution in [1.82, 2.24) is 14.9 Å². The van der Waals surface area contributed by atoms with Crippen LogP contribution in [0.5, 0.6) is 11.5 Å². The Morgan fingerprint density at radius 2 is 1.65 bits per heavy atom. The van der Waals surface area contributed by atoms with Gasteiger partial charge < -0.3 is 24.0 Å². The molecule has 1 aromatic heterocycles. The predicted octanol–water partition coefficient (Wildman–Crippen LogP) is 9.02. The van der Waals surface area contributed by atoms with E-state index in [4.69, 9.17) is 42.4 Å². The summed E-state index contributed by atoms with van der Waals surface area (Å²) < 4.78 is 17.4. The van der Waals surface area contributed by atoms with E-state index in [-0.39, 0.29) is 12.7 Å². The fourth-order valence-corrected chi connectivity index (χ4v) is 8.51. The number of hydrogen-bond donors (Lipinski definition) is 0. The Kier molecular flexibility index (Phi) is 11.8. The van der Waals surface area contributed by atoms with E-state index in [1.54, 1.807) is 0 Å². The summed E-state index contributed by atoms with van der Waals surface area (Å²) in [5, 5.41) is 10.1. The van der Waals surface area contributed by atoms with E-state index in [0.29, 0.717) is 46.6 Å². The van der Waals surface area contributed by atoms with Gasteiger partial charge in [0.25, 0.3) is 0 Å². The molecule has 9 nitrogen and oxygen atoms in total. The number of ether oxygens (including phenoxy) is 3. The van der Waals surface area contributed by atoms with E-state index < -0.39 is 11.0 Å². The summed E-state index contributed by atoms with van der Waals surface area (Å²) in [7, 11) is 0. The van der Waals surface area contributed by atoms with Crippen LogP contribution in [0.3, 0.4) is 0 Å². The number of aromatic nitrogens is 2. The highest BCUT2D eigenvalue weighted by atomic mass is 35.5. The van der Waals surface area contributed by atoms with E-state index in [1.807, 2.05) is 74.3 Å². The second-order valence-corrected chi connectivity index (χ2v) is 17.0. The Bertz CT molecular complexity index is 1730. The molecule has 0 spiro atoms. The van der Waals surface area contributed by atoms with Crippen LogP contribution in [0.4, 0.5) is 10.7 Å². The number of alkyl halides is 1. The standard InChI is InChI=1S/C41H51Cl2N5O4/c1-40(2,3)52-39(49)47-15-11-27(12-16-47)18-28-19-30-24-48(25-31(30)20-28)38-45-14-10-34(46-38)26-51-35-8-6-32(7-9-35)41(4,5)33-21-29(23-44)37(36(43)22-33)50-17-13-42/h6-10,14,21-22,27-28,30-31H,11-13,15-20,24-26H2,1-5H3/t28?,30-,31+. The fourth-order valence-electron chi connectivity index (χ4n) is 8.16. The molecule has 3 fully saturated rings. The van der Waals surface area contributed by atoms with Crippen molar-refractivity contribution in [1.29, 1.82) is 5.26 Å². The first-order valence-electron chi connectivity index (χ1n) is 18.5. The zero-order valence-electron chi connectivity index (χ0n) is 31.0. The molecular formula is C41H51Cl2N5O4. The van der Waals surface area contributed by atoms with Gasteiger partial charge in [-0.1, -0.05) is 37.6 Å². The van der Waals surface area contributed by atoms with Crippen molar-refractivity contribution in [2.75, 3.05) is 43.6 Å². The van der Waals surface area contributed by atoms with Crippen LogP contribution in [0.2, 0.25) is 5.02 Å². The van der Waals surface area contributed by atoms with Gasteiger partial charge in [-0.05, 0) is 118 Å². The van der Waals surface area contributed by atoms with Gasteiger partial charge in [-0.3, -0.25) is 0 Å². The lowest BCUT2D eigenvalue weighted by atomic mass is 9.77. The third-order valence-electron chi connectivity index (χ3n) is 10.9. The number of nitrogens with zero attached hydrogens (tertiary/aromatic N) is 5. The quantitative estimate of drug-likeness (QED) is 0.179. The summed E-state index contributed by atoms with van der Waals surface area (Å²) in [4.78, 5) is 26.2. The van der Waals surface area contributed by atoms with Crippen LogP contribution in [0.25, 0.3) is 0 Å². The molecule has 3 atom stereocenters. The summed E-state index contributed by atoms with van der Waals surface area (Å²) in [5.41, 5.74) is 2.33. The molecule has 1 unspecified atom stereocenters. The number of benzene rings is 2. The maximum Gasteiger partial charge on any atom is 0.410 e. The molecule has 6 rings (SSSR count). The largest absolute Gasteiger partial charge is 0.489 e. The molecule has 1 amide bonds. The van der Waals surface area contributed by atoms with Gasteiger partial charge in [0.15, 0.2) is 5.75 Å². The van der Waals surface area contributed by atoms with Crippen LogP contribution in [-0.2, 0) is 16.8 Å². The van der Waals surface area contributed by atoms with E-state index in [2.05, 4.69) is 29.8 Å². The van der Waals surface area contributed by atoms with Crippen LogP contribution < -0.4 is 14.4 Å². The Morgan fingerprint density at radius 3 is 2.29 bits per heavy atom. The normalized spacial score (nSPS) is 20.8. The van der Waals surface area contributed by atoms with Gasteiger partial charge >= 0.3 is 6.09 Å². The minimum atomic E-state index is -0.450. The first kappa shape index (κ1) is 38.0. The molecule has 0 bridgehead atoms. The lowest BCUT2D eigenvalue weighted by Crippen LogP contribution is -2.42. The molecule has 0 N–H and O–H groups in total. The molecule has 3 heterocycles. The van der Waals surface area contributed by atoms with Crippen LogP contribution in [0, 0.1) is 35.0 Å². The number of halogens is 2. The summed E-state index contributed by atoms with van der Waals surface area (Å²) >= 11 is 12.3. The number of hydrogen-bond acceptors (Lipinski definition) is 8. The first-order chi connectivity index (χ1) is 24.8. The van der Waals surface area contributed by atoms with Crippen LogP contribution in [0.1, 0.15) is 89.1 Å². The van der Waals surface area contributed by atoms with Gasteiger partial charge in [0.2, 0.25) is 5.95 Å². The molecular weight excluding hydrogens is 697 g/mol. The fraction of sp³-hybridized carbons (Fsp3) is 0.561. The number of nitriles is 1. The second kappa shape index (κ2) is 16.1. The summed E-state index contributed by atoms with van der Waals surface area (Å²) in [6.07, 6.45) is 7.61. The molecule has 2 aromatic carbocycles. The van der Waals surface area contributed by atoms with Gasteiger partial charge in [-0.25, -0.2) is 14.8 Å². The zero-order valence-corrected chi connectivity index (χ0v) is 32.6. The van der Waals surface area contributed by atoms with Gasteiger partial charge in [0.05, 0.1) is 22.2 Å². The van der Waals surface area contributed by atoms with Gasteiger partial charge in [0, 0.05) is 37.8 Å². The van der Waals surface area contributed by atoms with Crippen molar-refractivity contribution in [2.24, 2.45) is 23.7 Å². The van der Waals surface area contributed by atoms with Crippen molar-refractivity contribution in [3.05, 3.63) is 76.1 Å². The predicted molar refractivity (Wildman–Crippen MR) is 204 cm³/mol. The molecule has 52 heavy (non-hydrogen) atoms. The zero-order chi connectivity index (χ0) is 37.0. The van der Waals surface area contributed by atoms with Gasteiger partial charge in [0.1, 0.15) is 30.6 Å². The maximum absolute atomic E-state index is 12.5. The summed E-state index contributed by atoms with van der Waals surface area (Å²) in [5.74, 6) is 5.03. The monoisotopic (exact) mass is 747 g/mol. The Balaban J connectivity index is 0.980. The number of likely N-dealkylation sites (tertiary alicyclic amines) is 1. The molecule has 0 radical (unpaired) electrons. The summed E-state index contributed by atoms with van der Waals surface area (Å²) in [6, 6.07) is 15.8. The second-order valence-electron chi connectivity index (χ2n) is 16.2. The lowest BCUT2D eigenvalue weighted by Gasteiger charge is -2.34. The van der Waals surface area contributed by atoms with E-state index in [9.17, 15) is 10.1 Å². The average Bonchev–Trinajstić information content (AvgIpc) is 3.69. The third kappa shape index (κ3) is 9.06. The Labute approximate surface area is 318 Å². The average molecular weight is 749 g/mol. The molecule has 3 aliphatic rings. The van der Waals surface area contributed by atoms with E-state index >= 15 is 0 Å². The van der Waals surface area contributed by atoms with Crippen molar-refractivity contribution in [3.8, 4) is 17.6 Å². The molecule has 2 aliphatic heterocycles. The Morgan fingerprint density at radius 1 is 0.962 bits per heavy atom. The van der Waals surface area contributed by atoms with Crippen LogP contribution in [0.15, 0.2) is 48.7 Å². The van der Waals surface area contributed by atoms with Crippen molar-refractivity contribution < 1.29 is 19.0 Å². The van der Waals surface area contributed by atoms with Crippen molar-refractivity contribution in [3.63, 3.8) is 0 Å². The SMILES string of the molecule is CC(C)(C)OC(=O)N1CCC(CC2C[C@@H]3CN(c4nccc(COc5ccc(C(C)(C)c6cc(Cl)c(OCCCl)c(C#N)c6)cc5)n4)C[C@@H]3C2)CC1. The number of carbonyl (C=O) groups is 1. The molecule has 278 valence electrons. The minimum Gasteiger partial charge on any atom is -0.489 e. The number of anilines is 1. The molecule has 1 aliphatic carbocycles. The molecule has 2 saturated heterocycles. The van der Waals surface area contributed by atoms with Crippen LogP contribution in [-0.4, -0.2) is 65.2 Å². The van der Waals surface area contributed by atoms with Crippen molar-refractivity contribution in [2.45, 2.75) is 84.3 Å². The summed E-state index contributed by atoms with van der Waals surface area (Å²) in [6.45, 7) is 14.2. The molecule has 1 saturated carbocycles.